The van der Waals surface area contributed by atoms with Gasteiger partial charge in [0.15, 0.2) is 0 Å². The molecule has 1 atom stereocenters. The van der Waals surface area contributed by atoms with Crippen LogP contribution in [0.5, 0.6) is 5.75 Å². The minimum Gasteiger partial charge on any atom is -0.491 e. The number of rotatable bonds is 7. The van der Waals surface area contributed by atoms with Crippen molar-refractivity contribution in [2.24, 2.45) is 0 Å². The summed E-state index contributed by atoms with van der Waals surface area (Å²) in [5, 5.41) is 9.53. The van der Waals surface area contributed by atoms with Gasteiger partial charge in [-0.3, -0.25) is 0 Å². The van der Waals surface area contributed by atoms with Crippen molar-refractivity contribution < 1.29 is 14.6 Å². The molecule has 1 rings (SSSR count). The van der Waals surface area contributed by atoms with Crippen molar-refractivity contribution in [3.8, 4) is 5.75 Å². The lowest BCUT2D eigenvalue weighted by Gasteiger charge is -2.13. The van der Waals surface area contributed by atoms with Crippen LogP contribution in [-0.4, -0.2) is 24.4 Å². The Balaban J connectivity index is 2.22. The molecule has 0 bridgehead atoms. The van der Waals surface area contributed by atoms with Crippen molar-refractivity contribution in [3.05, 3.63) is 55.3 Å². The van der Waals surface area contributed by atoms with Gasteiger partial charge in [0.1, 0.15) is 30.8 Å². The van der Waals surface area contributed by atoms with Crippen molar-refractivity contribution in [3.63, 3.8) is 0 Å². The van der Waals surface area contributed by atoms with Crippen molar-refractivity contribution >= 4 is 0 Å². The number of aliphatic hydroxyl groups is 1. The van der Waals surface area contributed by atoms with Gasteiger partial charge in [0.25, 0.3) is 0 Å². The highest BCUT2D eigenvalue weighted by Gasteiger charge is 2.05. The van der Waals surface area contributed by atoms with Gasteiger partial charge in [-0.05, 0) is 18.2 Å². The Kier molecular flexibility index (Phi) is 5.16. The van der Waals surface area contributed by atoms with Gasteiger partial charge in [-0.15, -0.1) is 0 Å². The fraction of sp³-hybridized carbons (Fsp3) is 0.231. The average molecular weight is 220 g/mol. The summed E-state index contributed by atoms with van der Waals surface area (Å²) in [6, 6.07) is 9.31. The summed E-state index contributed by atoms with van der Waals surface area (Å²) in [6.07, 6.45) is 0.807. The quantitative estimate of drug-likeness (QED) is 0.565. The van der Waals surface area contributed by atoms with Gasteiger partial charge in [-0.25, -0.2) is 0 Å². The molecule has 16 heavy (non-hydrogen) atoms. The first kappa shape index (κ1) is 12.3. The molecule has 0 amide bonds. The molecule has 1 aromatic carbocycles. The summed E-state index contributed by atoms with van der Waals surface area (Å²) in [6.45, 7) is 7.41. The average Bonchev–Trinajstić information content (AvgIpc) is 2.34. The predicted molar refractivity (Wildman–Crippen MR) is 63.2 cm³/mol. The third-order valence-corrected chi connectivity index (χ3v) is 1.87. The lowest BCUT2D eigenvalue weighted by Crippen LogP contribution is -2.23. The molecule has 0 heterocycles. The Bertz CT molecular complexity index is 332. The van der Waals surface area contributed by atoms with E-state index in [1.54, 1.807) is 0 Å². The number of hydrogen-bond acceptors (Lipinski definition) is 3. The maximum absolute atomic E-state index is 9.53. The Labute approximate surface area is 95.6 Å². The van der Waals surface area contributed by atoms with E-state index in [0.717, 1.165) is 5.75 Å². The van der Waals surface area contributed by atoms with Gasteiger partial charge in [0, 0.05) is 0 Å². The fourth-order valence-corrected chi connectivity index (χ4v) is 1.02. The van der Waals surface area contributed by atoms with E-state index in [9.17, 15) is 5.11 Å². The van der Waals surface area contributed by atoms with Crippen molar-refractivity contribution in [1.29, 1.82) is 0 Å². The van der Waals surface area contributed by atoms with E-state index in [2.05, 4.69) is 13.2 Å². The summed E-state index contributed by atoms with van der Waals surface area (Å²) in [5.41, 5.74) is 0. The third-order valence-electron chi connectivity index (χ3n) is 1.87. The number of hydrogen-bond donors (Lipinski definition) is 1. The Hall–Kier alpha value is -1.74. The van der Waals surface area contributed by atoms with E-state index in [4.69, 9.17) is 9.47 Å². The summed E-state index contributed by atoms with van der Waals surface area (Å²) in [5.74, 6) is 1.17. The van der Waals surface area contributed by atoms with Gasteiger partial charge in [0.2, 0.25) is 0 Å². The van der Waals surface area contributed by atoms with Crippen LogP contribution in [0.3, 0.4) is 0 Å². The number of aliphatic hydroxyl groups excluding tert-OH is 1. The molecule has 0 aromatic heterocycles. The van der Waals surface area contributed by atoms with Gasteiger partial charge < -0.3 is 14.6 Å². The first-order valence-electron chi connectivity index (χ1n) is 5.02. The first-order valence-corrected chi connectivity index (χ1v) is 5.02. The van der Waals surface area contributed by atoms with E-state index < -0.39 is 6.10 Å². The second-order valence-corrected chi connectivity index (χ2v) is 3.26. The van der Waals surface area contributed by atoms with E-state index in [1.807, 2.05) is 30.3 Å². The number of allylic oxidation sites excluding steroid dienone is 1. The van der Waals surface area contributed by atoms with Crippen molar-refractivity contribution in [2.45, 2.75) is 6.10 Å². The highest BCUT2D eigenvalue weighted by molar-refractivity contribution is 5.20. The van der Waals surface area contributed by atoms with Crippen LogP contribution in [0, 0.1) is 0 Å². The minimum absolute atomic E-state index is 0.150. The first-order chi connectivity index (χ1) is 7.72. The molecule has 0 aliphatic carbocycles. The lowest BCUT2D eigenvalue weighted by atomic mass is 10.3. The molecule has 1 unspecified atom stereocenters. The number of benzene rings is 1. The Morgan fingerprint density at radius 2 is 2.00 bits per heavy atom. The zero-order chi connectivity index (χ0) is 11.8. The molecular formula is C13H16O3. The van der Waals surface area contributed by atoms with E-state index in [0.29, 0.717) is 5.76 Å². The molecule has 0 spiro atoms. The SMILES string of the molecule is C=CC(=C)OCC(O)COc1ccccc1. The maximum Gasteiger partial charge on any atom is 0.122 e. The van der Waals surface area contributed by atoms with Crippen LogP contribution in [0.15, 0.2) is 55.3 Å². The third kappa shape index (κ3) is 4.66. The molecule has 0 saturated carbocycles. The van der Waals surface area contributed by atoms with Crippen LogP contribution < -0.4 is 4.74 Å². The van der Waals surface area contributed by atoms with Crippen LogP contribution in [0.25, 0.3) is 0 Å². The zero-order valence-corrected chi connectivity index (χ0v) is 9.13. The summed E-state index contributed by atoms with van der Waals surface area (Å²) in [7, 11) is 0. The van der Waals surface area contributed by atoms with Crippen molar-refractivity contribution in [2.75, 3.05) is 13.2 Å². The highest BCUT2D eigenvalue weighted by atomic mass is 16.5. The van der Waals surface area contributed by atoms with Gasteiger partial charge >= 0.3 is 0 Å². The monoisotopic (exact) mass is 220 g/mol. The van der Waals surface area contributed by atoms with Gasteiger partial charge in [0.05, 0.1) is 0 Å². The number of para-hydroxylation sites is 1. The highest BCUT2D eigenvalue weighted by Crippen LogP contribution is 2.08. The molecule has 1 aromatic rings. The molecule has 0 aliphatic rings. The molecule has 0 radical (unpaired) electrons. The standard InChI is InChI=1S/C13H16O3/c1-3-11(2)15-9-12(14)10-16-13-7-5-4-6-8-13/h3-8,12,14H,1-2,9-10H2. The normalized spacial score (nSPS) is 11.6. The summed E-state index contributed by atoms with van der Waals surface area (Å²) in [4.78, 5) is 0. The van der Waals surface area contributed by atoms with E-state index in [1.165, 1.54) is 6.08 Å². The molecule has 0 fully saturated rings. The molecular weight excluding hydrogens is 204 g/mol. The summed E-state index contributed by atoms with van der Waals surface area (Å²) < 4.78 is 10.4. The molecule has 3 nitrogen and oxygen atoms in total. The van der Waals surface area contributed by atoms with E-state index in [-0.39, 0.29) is 13.2 Å². The smallest absolute Gasteiger partial charge is 0.122 e. The second-order valence-electron chi connectivity index (χ2n) is 3.26. The van der Waals surface area contributed by atoms with Crippen molar-refractivity contribution in [1.82, 2.24) is 0 Å². The molecule has 3 heteroatoms. The largest absolute Gasteiger partial charge is 0.491 e. The summed E-state index contributed by atoms with van der Waals surface area (Å²) >= 11 is 0. The second kappa shape index (κ2) is 6.69. The van der Waals surface area contributed by atoms with E-state index >= 15 is 0 Å². The zero-order valence-electron chi connectivity index (χ0n) is 9.13. The maximum atomic E-state index is 9.53. The Morgan fingerprint density at radius 3 is 2.62 bits per heavy atom. The van der Waals surface area contributed by atoms with Crippen LogP contribution in [0.2, 0.25) is 0 Å². The minimum atomic E-state index is -0.683. The van der Waals surface area contributed by atoms with Gasteiger partial charge in [-0.1, -0.05) is 31.4 Å². The van der Waals surface area contributed by atoms with Crippen LogP contribution in [-0.2, 0) is 4.74 Å². The molecule has 0 aliphatic heterocycles. The fourth-order valence-electron chi connectivity index (χ4n) is 1.02. The van der Waals surface area contributed by atoms with Gasteiger partial charge in [-0.2, -0.15) is 0 Å². The molecule has 86 valence electrons. The van der Waals surface area contributed by atoms with Crippen LogP contribution >= 0.6 is 0 Å². The van der Waals surface area contributed by atoms with Crippen LogP contribution in [0.1, 0.15) is 0 Å². The Morgan fingerprint density at radius 1 is 1.31 bits per heavy atom. The lowest BCUT2D eigenvalue weighted by molar-refractivity contribution is 0.0409. The van der Waals surface area contributed by atoms with Crippen LogP contribution in [0.4, 0.5) is 0 Å². The predicted octanol–water partition coefficient (Wildman–Crippen LogP) is 2.14. The molecule has 0 saturated heterocycles. The topological polar surface area (TPSA) is 38.7 Å². The molecule has 1 N–H and O–H groups in total. The number of ether oxygens (including phenoxy) is 2.